The standard InChI is InChI=1S/C13H23NO4/c1-9-6-13(12(15)16,7-10(2)18-9)14-8-11-4-3-5-17-11/h9-11,14H,3-8H2,1-2H3,(H,15,16). The van der Waals surface area contributed by atoms with Crippen LogP contribution in [0, 0.1) is 0 Å². The summed E-state index contributed by atoms with van der Waals surface area (Å²) in [5, 5.41) is 12.8. The minimum atomic E-state index is -0.858. The Morgan fingerprint density at radius 1 is 1.39 bits per heavy atom. The molecule has 2 N–H and O–H groups in total. The molecule has 0 aromatic rings. The monoisotopic (exact) mass is 257 g/mol. The largest absolute Gasteiger partial charge is 0.480 e. The number of carbonyl (C=O) groups is 1. The lowest BCUT2D eigenvalue weighted by molar-refractivity contribution is -0.156. The van der Waals surface area contributed by atoms with Crippen LogP contribution in [0.4, 0.5) is 0 Å². The summed E-state index contributed by atoms with van der Waals surface area (Å²) in [6, 6.07) is 0. The molecule has 0 aromatic heterocycles. The fourth-order valence-corrected chi connectivity index (χ4v) is 3.07. The second kappa shape index (κ2) is 5.55. The highest BCUT2D eigenvalue weighted by molar-refractivity contribution is 5.79. The molecule has 2 aliphatic heterocycles. The van der Waals surface area contributed by atoms with E-state index in [0.717, 1.165) is 19.4 Å². The molecule has 3 unspecified atom stereocenters. The van der Waals surface area contributed by atoms with Crippen molar-refractivity contribution in [2.45, 2.75) is 63.4 Å². The van der Waals surface area contributed by atoms with E-state index in [1.165, 1.54) is 0 Å². The fraction of sp³-hybridized carbons (Fsp3) is 0.923. The van der Waals surface area contributed by atoms with Gasteiger partial charge in [0.05, 0.1) is 18.3 Å². The van der Waals surface area contributed by atoms with E-state index in [9.17, 15) is 9.90 Å². The summed E-state index contributed by atoms with van der Waals surface area (Å²) in [5.74, 6) is -0.775. The van der Waals surface area contributed by atoms with Crippen molar-refractivity contribution in [3.05, 3.63) is 0 Å². The van der Waals surface area contributed by atoms with Crippen molar-refractivity contribution in [3.8, 4) is 0 Å². The van der Waals surface area contributed by atoms with Gasteiger partial charge in [-0.25, -0.2) is 0 Å². The number of hydrogen-bond donors (Lipinski definition) is 2. The van der Waals surface area contributed by atoms with Crippen LogP contribution in [-0.2, 0) is 14.3 Å². The Balaban J connectivity index is 1.99. The Hall–Kier alpha value is -0.650. The van der Waals surface area contributed by atoms with E-state index in [2.05, 4.69) is 5.32 Å². The van der Waals surface area contributed by atoms with Gasteiger partial charge in [0.25, 0.3) is 0 Å². The predicted molar refractivity (Wildman–Crippen MR) is 66.6 cm³/mol. The highest BCUT2D eigenvalue weighted by Crippen LogP contribution is 2.29. The topological polar surface area (TPSA) is 67.8 Å². The number of ether oxygens (including phenoxy) is 2. The van der Waals surface area contributed by atoms with E-state index in [1.807, 2.05) is 13.8 Å². The molecule has 104 valence electrons. The van der Waals surface area contributed by atoms with E-state index >= 15 is 0 Å². The summed E-state index contributed by atoms with van der Waals surface area (Å²) in [7, 11) is 0. The summed E-state index contributed by atoms with van der Waals surface area (Å²) < 4.78 is 11.2. The van der Waals surface area contributed by atoms with Crippen LogP contribution in [-0.4, -0.2) is 48.1 Å². The molecule has 2 aliphatic rings. The van der Waals surface area contributed by atoms with Gasteiger partial charge in [-0.2, -0.15) is 0 Å². The third-order valence-electron chi connectivity index (χ3n) is 3.84. The first-order valence-electron chi connectivity index (χ1n) is 6.77. The molecule has 0 radical (unpaired) electrons. The molecule has 2 rings (SSSR count). The molecular formula is C13H23NO4. The number of carboxylic acid groups (broad SMARTS) is 1. The Labute approximate surface area is 108 Å². The lowest BCUT2D eigenvalue weighted by atomic mass is 9.84. The molecule has 3 atom stereocenters. The minimum absolute atomic E-state index is 0.0261. The van der Waals surface area contributed by atoms with Crippen molar-refractivity contribution in [2.75, 3.05) is 13.2 Å². The third kappa shape index (κ3) is 3.02. The van der Waals surface area contributed by atoms with Crippen LogP contribution in [0.1, 0.15) is 39.5 Å². The molecule has 5 nitrogen and oxygen atoms in total. The molecule has 2 saturated heterocycles. The molecule has 0 amide bonds. The molecule has 0 spiro atoms. The molecule has 18 heavy (non-hydrogen) atoms. The lowest BCUT2D eigenvalue weighted by Gasteiger charge is -2.40. The van der Waals surface area contributed by atoms with Crippen LogP contribution >= 0.6 is 0 Å². The molecular weight excluding hydrogens is 234 g/mol. The Morgan fingerprint density at radius 2 is 2.06 bits per heavy atom. The predicted octanol–water partition coefficient (Wildman–Crippen LogP) is 1.17. The van der Waals surface area contributed by atoms with Crippen molar-refractivity contribution >= 4 is 5.97 Å². The zero-order chi connectivity index (χ0) is 13.2. The van der Waals surface area contributed by atoms with Crippen LogP contribution in [0.5, 0.6) is 0 Å². The summed E-state index contributed by atoms with van der Waals surface area (Å²) in [4.78, 5) is 11.6. The van der Waals surface area contributed by atoms with Gasteiger partial charge >= 0.3 is 5.97 Å². The van der Waals surface area contributed by atoms with Gasteiger partial charge in [-0.3, -0.25) is 10.1 Å². The molecule has 5 heteroatoms. The molecule has 0 aliphatic carbocycles. The average molecular weight is 257 g/mol. The van der Waals surface area contributed by atoms with E-state index < -0.39 is 11.5 Å². The first kappa shape index (κ1) is 13.8. The number of nitrogens with one attached hydrogen (secondary N) is 1. The first-order valence-corrected chi connectivity index (χ1v) is 6.77. The molecule has 2 heterocycles. The van der Waals surface area contributed by atoms with Crippen molar-refractivity contribution in [2.24, 2.45) is 0 Å². The quantitative estimate of drug-likeness (QED) is 0.791. The lowest BCUT2D eigenvalue weighted by Crippen LogP contribution is -2.60. The second-order valence-electron chi connectivity index (χ2n) is 5.57. The smallest absolute Gasteiger partial charge is 0.324 e. The maximum Gasteiger partial charge on any atom is 0.324 e. The van der Waals surface area contributed by atoms with Gasteiger partial charge in [-0.1, -0.05) is 0 Å². The number of carboxylic acids is 1. The highest BCUT2D eigenvalue weighted by Gasteiger charge is 2.45. The van der Waals surface area contributed by atoms with Gasteiger partial charge in [-0.05, 0) is 26.7 Å². The molecule has 0 bridgehead atoms. The Morgan fingerprint density at radius 3 is 2.56 bits per heavy atom. The normalized spacial score (nSPS) is 40.9. The van der Waals surface area contributed by atoms with E-state index in [0.29, 0.717) is 19.4 Å². The Kier molecular flexibility index (Phi) is 4.25. The van der Waals surface area contributed by atoms with Crippen molar-refractivity contribution in [1.29, 1.82) is 0 Å². The highest BCUT2D eigenvalue weighted by atomic mass is 16.5. The summed E-state index contributed by atoms with van der Waals surface area (Å²) in [6.45, 7) is 5.27. The fourth-order valence-electron chi connectivity index (χ4n) is 3.07. The zero-order valence-electron chi connectivity index (χ0n) is 11.1. The SMILES string of the molecule is CC1CC(NCC2CCCO2)(C(=O)O)CC(C)O1. The van der Waals surface area contributed by atoms with Gasteiger partial charge in [-0.15, -0.1) is 0 Å². The number of rotatable bonds is 4. The van der Waals surface area contributed by atoms with E-state index in [4.69, 9.17) is 9.47 Å². The molecule has 2 fully saturated rings. The molecule has 0 saturated carbocycles. The maximum absolute atomic E-state index is 11.6. The second-order valence-corrected chi connectivity index (χ2v) is 5.57. The minimum Gasteiger partial charge on any atom is -0.480 e. The van der Waals surface area contributed by atoms with Gasteiger partial charge in [0, 0.05) is 26.0 Å². The molecule has 0 aromatic carbocycles. The summed E-state index contributed by atoms with van der Waals surface area (Å²) in [6.07, 6.45) is 3.23. The van der Waals surface area contributed by atoms with E-state index in [-0.39, 0.29) is 18.3 Å². The van der Waals surface area contributed by atoms with Crippen LogP contribution in [0.2, 0.25) is 0 Å². The van der Waals surface area contributed by atoms with Gasteiger partial charge in [0.2, 0.25) is 0 Å². The van der Waals surface area contributed by atoms with E-state index in [1.54, 1.807) is 0 Å². The number of aliphatic carboxylic acids is 1. The van der Waals surface area contributed by atoms with Crippen LogP contribution < -0.4 is 5.32 Å². The first-order chi connectivity index (χ1) is 8.52. The maximum atomic E-state index is 11.6. The average Bonchev–Trinajstić information content (AvgIpc) is 2.77. The van der Waals surface area contributed by atoms with Crippen molar-refractivity contribution in [3.63, 3.8) is 0 Å². The van der Waals surface area contributed by atoms with Crippen LogP contribution in [0.15, 0.2) is 0 Å². The van der Waals surface area contributed by atoms with Crippen molar-refractivity contribution < 1.29 is 19.4 Å². The third-order valence-corrected chi connectivity index (χ3v) is 3.84. The van der Waals surface area contributed by atoms with Gasteiger partial charge < -0.3 is 14.6 Å². The van der Waals surface area contributed by atoms with Crippen LogP contribution in [0.3, 0.4) is 0 Å². The zero-order valence-corrected chi connectivity index (χ0v) is 11.1. The van der Waals surface area contributed by atoms with Gasteiger partial charge in [0.15, 0.2) is 0 Å². The van der Waals surface area contributed by atoms with Gasteiger partial charge in [0.1, 0.15) is 5.54 Å². The summed E-state index contributed by atoms with van der Waals surface area (Å²) >= 11 is 0. The van der Waals surface area contributed by atoms with Crippen molar-refractivity contribution in [1.82, 2.24) is 5.32 Å². The summed E-state index contributed by atoms with van der Waals surface area (Å²) in [5.41, 5.74) is -0.858. The van der Waals surface area contributed by atoms with Crippen LogP contribution in [0.25, 0.3) is 0 Å². The Bertz CT molecular complexity index is 291. The number of hydrogen-bond acceptors (Lipinski definition) is 4.